The van der Waals surface area contributed by atoms with Crippen LogP contribution in [0.3, 0.4) is 0 Å². The summed E-state index contributed by atoms with van der Waals surface area (Å²) in [5.41, 5.74) is 0. The van der Waals surface area contributed by atoms with Crippen molar-refractivity contribution >= 4 is 0 Å². The van der Waals surface area contributed by atoms with Crippen LogP contribution in [0.2, 0.25) is 0 Å². The van der Waals surface area contributed by atoms with Gasteiger partial charge in [0.2, 0.25) is 0 Å². The quantitative estimate of drug-likeness (QED) is 0.613. The fourth-order valence-electron chi connectivity index (χ4n) is 2.57. The summed E-state index contributed by atoms with van der Waals surface area (Å²) in [7, 11) is 2.14. The van der Waals surface area contributed by atoms with E-state index in [9.17, 15) is 0 Å². The van der Waals surface area contributed by atoms with Gasteiger partial charge in [-0.3, -0.25) is 0 Å². The standard InChI is InChI=1S/C16H33N3/c1-5-7-9-16(6-2)14-17-10-8-11-19-13-12-18(4)15(19)3/h12-13,15-17H,5-11,14H2,1-4H3. The maximum atomic E-state index is 3.63. The molecule has 0 aromatic carbocycles. The Morgan fingerprint density at radius 2 is 2.00 bits per heavy atom. The van der Waals surface area contributed by atoms with E-state index >= 15 is 0 Å². The molecule has 0 saturated carbocycles. The third-order valence-electron chi connectivity index (χ3n) is 4.31. The van der Waals surface area contributed by atoms with Gasteiger partial charge in [-0.15, -0.1) is 0 Å². The van der Waals surface area contributed by atoms with Crippen LogP contribution in [0.25, 0.3) is 0 Å². The molecule has 0 bridgehead atoms. The summed E-state index contributed by atoms with van der Waals surface area (Å²) in [6.07, 6.45) is 11.5. The van der Waals surface area contributed by atoms with E-state index < -0.39 is 0 Å². The van der Waals surface area contributed by atoms with Gasteiger partial charge in [0, 0.05) is 26.0 Å². The van der Waals surface area contributed by atoms with Crippen molar-refractivity contribution in [2.24, 2.45) is 5.92 Å². The highest BCUT2D eigenvalue weighted by molar-refractivity contribution is 4.93. The first kappa shape index (κ1) is 16.4. The Balaban J connectivity index is 2.03. The molecule has 0 saturated heterocycles. The third-order valence-corrected chi connectivity index (χ3v) is 4.31. The number of hydrogen-bond acceptors (Lipinski definition) is 3. The number of nitrogens with zero attached hydrogens (tertiary/aromatic N) is 2. The van der Waals surface area contributed by atoms with Crippen molar-refractivity contribution in [3.8, 4) is 0 Å². The van der Waals surface area contributed by atoms with Crippen molar-refractivity contribution < 1.29 is 0 Å². The van der Waals surface area contributed by atoms with Gasteiger partial charge in [-0.1, -0.05) is 33.1 Å². The van der Waals surface area contributed by atoms with Crippen LogP contribution in [-0.2, 0) is 0 Å². The molecule has 0 aliphatic carbocycles. The van der Waals surface area contributed by atoms with Gasteiger partial charge >= 0.3 is 0 Å². The molecular formula is C16H33N3. The zero-order valence-corrected chi connectivity index (χ0v) is 13.4. The molecule has 0 amide bonds. The molecule has 0 radical (unpaired) electrons. The summed E-state index contributed by atoms with van der Waals surface area (Å²) < 4.78 is 0. The molecule has 112 valence electrons. The predicted molar refractivity (Wildman–Crippen MR) is 83.9 cm³/mol. The summed E-state index contributed by atoms with van der Waals surface area (Å²) in [6, 6.07) is 0. The maximum Gasteiger partial charge on any atom is 0.0974 e. The Bertz CT molecular complexity index is 252. The normalized spacial score (nSPS) is 20.3. The van der Waals surface area contributed by atoms with Crippen molar-refractivity contribution in [1.82, 2.24) is 15.1 Å². The molecule has 1 aliphatic rings. The molecule has 3 heteroatoms. The van der Waals surface area contributed by atoms with Gasteiger partial charge in [0.15, 0.2) is 0 Å². The molecule has 1 aliphatic heterocycles. The van der Waals surface area contributed by atoms with Crippen molar-refractivity contribution in [2.75, 3.05) is 26.7 Å². The SMILES string of the molecule is CCCCC(CC)CNCCCN1C=CN(C)C1C. The van der Waals surface area contributed by atoms with Crippen LogP contribution in [0.4, 0.5) is 0 Å². The maximum absolute atomic E-state index is 3.63. The van der Waals surface area contributed by atoms with Crippen LogP contribution in [-0.4, -0.2) is 42.6 Å². The first-order valence-electron chi connectivity index (χ1n) is 8.05. The highest BCUT2D eigenvalue weighted by atomic mass is 15.4. The summed E-state index contributed by atoms with van der Waals surface area (Å²) in [5.74, 6) is 0.872. The van der Waals surface area contributed by atoms with Crippen molar-refractivity contribution in [1.29, 1.82) is 0 Å². The van der Waals surface area contributed by atoms with Crippen LogP contribution in [0, 0.1) is 5.92 Å². The highest BCUT2D eigenvalue weighted by Gasteiger charge is 2.17. The average molecular weight is 267 g/mol. The van der Waals surface area contributed by atoms with E-state index in [-0.39, 0.29) is 0 Å². The minimum atomic E-state index is 0.521. The highest BCUT2D eigenvalue weighted by Crippen LogP contribution is 2.13. The topological polar surface area (TPSA) is 18.5 Å². The van der Waals surface area contributed by atoms with Gasteiger partial charge in [-0.05, 0) is 38.8 Å². The van der Waals surface area contributed by atoms with Crippen LogP contribution < -0.4 is 5.32 Å². The largest absolute Gasteiger partial charge is 0.359 e. The first-order valence-corrected chi connectivity index (χ1v) is 8.05. The minimum absolute atomic E-state index is 0.521. The second-order valence-corrected chi connectivity index (χ2v) is 5.81. The molecule has 0 fully saturated rings. The first-order chi connectivity index (χ1) is 9.19. The Morgan fingerprint density at radius 3 is 2.58 bits per heavy atom. The second kappa shape index (κ2) is 9.24. The Morgan fingerprint density at radius 1 is 1.21 bits per heavy atom. The van der Waals surface area contributed by atoms with Gasteiger partial charge in [-0.25, -0.2) is 0 Å². The average Bonchev–Trinajstić information content (AvgIpc) is 2.73. The molecule has 3 nitrogen and oxygen atoms in total. The summed E-state index contributed by atoms with van der Waals surface area (Å²) in [5, 5.41) is 3.63. The fourth-order valence-corrected chi connectivity index (χ4v) is 2.57. The molecular weight excluding hydrogens is 234 g/mol. The van der Waals surface area contributed by atoms with Gasteiger partial charge in [0.05, 0.1) is 6.17 Å². The second-order valence-electron chi connectivity index (χ2n) is 5.81. The third kappa shape index (κ3) is 5.85. The molecule has 1 N–H and O–H groups in total. The lowest BCUT2D eigenvalue weighted by Gasteiger charge is -2.27. The predicted octanol–water partition coefficient (Wildman–Crippen LogP) is 3.25. The number of unbranched alkanes of at least 4 members (excludes halogenated alkanes) is 1. The van der Waals surface area contributed by atoms with Gasteiger partial charge < -0.3 is 15.1 Å². The zero-order chi connectivity index (χ0) is 14.1. The van der Waals surface area contributed by atoms with E-state index in [1.54, 1.807) is 0 Å². The summed E-state index contributed by atoms with van der Waals surface area (Å²) in [4.78, 5) is 4.67. The van der Waals surface area contributed by atoms with E-state index in [2.05, 4.69) is 55.3 Å². The van der Waals surface area contributed by atoms with Crippen molar-refractivity contribution in [3.05, 3.63) is 12.4 Å². The van der Waals surface area contributed by atoms with Crippen molar-refractivity contribution in [3.63, 3.8) is 0 Å². The number of hydrogen-bond donors (Lipinski definition) is 1. The molecule has 0 aromatic heterocycles. The fraction of sp³-hybridized carbons (Fsp3) is 0.875. The van der Waals surface area contributed by atoms with E-state index in [1.807, 2.05) is 0 Å². The molecule has 0 spiro atoms. The monoisotopic (exact) mass is 267 g/mol. The Hall–Kier alpha value is -0.700. The van der Waals surface area contributed by atoms with Gasteiger partial charge in [0.25, 0.3) is 0 Å². The molecule has 1 rings (SSSR count). The smallest absolute Gasteiger partial charge is 0.0974 e. The summed E-state index contributed by atoms with van der Waals surface area (Å²) in [6.45, 7) is 10.3. The van der Waals surface area contributed by atoms with Gasteiger partial charge in [0.1, 0.15) is 0 Å². The lowest BCUT2D eigenvalue weighted by atomic mass is 9.99. The molecule has 19 heavy (non-hydrogen) atoms. The van der Waals surface area contributed by atoms with Gasteiger partial charge in [-0.2, -0.15) is 0 Å². The number of nitrogens with one attached hydrogen (secondary N) is 1. The van der Waals surface area contributed by atoms with Crippen LogP contribution in [0.1, 0.15) is 52.9 Å². The number of rotatable bonds is 10. The van der Waals surface area contributed by atoms with E-state index in [0.717, 1.165) is 19.0 Å². The molecule has 2 unspecified atom stereocenters. The lowest BCUT2D eigenvalue weighted by molar-refractivity contribution is 0.193. The van der Waals surface area contributed by atoms with Crippen LogP contribution in [0.5, 0.6) is 0 Å². The molecule has 1 heterocycles. The van der Waals surface area contributed by atoms with E-state index in [1.165, 1.54) is 38.6 Å². The van der Waals surface area contributed by atoms with E-state index in [0.29, 0.717) is 6.17 Å². The Labute approximate surface area is 120 Å². The molecule has 2 atom stereocenters. The zero-order valence-electron chi connectivity index (χ0n) is 13.4. The minimum Gasteiger partial charge on any atom is -0.359 e. The van der Waals surface area contributed by atoms with Crippen molar-refractivity contribution in [2.45, 2.75) is 59.0 Å². The Kier molecular flexibility index (Phi) is 7.96. The molecule has 0 aromatic rings. The lowest BCUT2D eigenvalue weighted by Crippen LogP contribution is -2.35. The van der Waals surface area contributed by atoms with Crippen LogP contribution in [0.15, 0.2) is 12.4 Å². The summed E-state index contributed by atoms with van der Waals surface area (Å²) >= 11 is 0. The van der Waals surface area contributed by atoms with E-state index in [4.69, 9.17) is 0 Å². The van der Waals surface area contributed by atoms with Crippen LogP contribution >= 0.6 is 0 Å².